The highest BCUT2D eigenvalue weighted by Crippen LogP contribution is 2.26. The molecule has 2 unspecified atom stereocenters. The molecule has 0 spiro atoms. The topological polar surface area (TPSA) is 23.8 Å². The van der Waals surface area contributed by atoms with Crippen LogP contribution in [0.5, 0.6) is 0 Å². The third-order valence-electron chi connectivity index (χ3n) is 2.12. The van der Waals surface area contributed by atoms with Gasteiger partial charge in [-0.3, -0.25) is 5.73 Å². The van der Waals surface area contributed by atoms with E-state index in [4.69, 9.17) is 5.73 Å². The zero-order chi connectivity index (χ0) is 5.98. The van der Waals surface area contributed by atoms with E-state index in [0.29, 0.717) is 0 Å². The second-order valence-electron chi connectivity index (χ2n) is 2.78. The molecule has 0 heterocycles. The molecule has 8 heavy (non-hydrogen) atoms. The maximum absolute atomic E-state index is 7.37. The van der Waals surface area contributed by atoms with E-state index in [-0.39, 0.29) is 6.04 Å². The van der Waals surface area contributed by atoms with Gasteiger partial charge in [0.2, 0.25) is 0 Å². The average Bonchev–Trinajstić information content (AvgIpc) is 2.14. The lowest BCUT2D eigenvalue weighted by Gasteiger charge is -2.01. The molecule has 1 heteroatoms. The highest BCUT2D eigenvalue weighted by Gasteiger charge is 2.19. The maximum atomic E-state index is 7.37. The van der Waals surface area contributed by atoms with Crippen molar-refractivity contribution in [2.45, 2.75) is 38.6 Å². The van der Waals surface area contributed by atoms with Gasteiger partial charge < -0.3 is 0 Å². The summed E-state index contributed by atoms with van der Waals surface area (Å²) < 4.78 is 0. The number of hydrogen-bond donors (Lipinski definition) is 0. The van der Waals surface area contributed by atoms with Crippen LogP contribution >= 0.6 is 0 Å². The van der Waals surface area contributed by atoms with E-state index in [1.54, 1.807) is 0 Å². The van der Waals surface area contributed by atoms with E-state index < -0.39 is 0 Å². The SMILES string of the molecule is CCC1CCC([NH])C1. The molecule has 0 aromatic heterocycles. The lowest BCUT2D eigenvalue weighted by Crippen LogP contribution is -2.01. The molecule has 0 aromatic rings. The molecule has 1 fully saturated rings. The van der Waals surface area contributed by atoms with Gasteiger partial charge in [-0.1, -0.05) is 13.3 Å². The Morgan fingerprint density at radius 3 is 2.50 bits per heavy atom. The summed E-state index contributed by atoms with van der Waals surface area (Å²) >= 11 is 0. The molecule has 1 rings (SSSR count). The van der Waals surface area contributed by atoms with Crippen molar-refractivity contribution in [3.05, 3.63) is 0 Å². The van der Waals surface area contributed by atoms with Crippen molar-refractivity contribution in [2.24, 2.45) is 5.92 Å². The monoisotopic (exact) mass is 112 g/mol. The summed E-state index contributed by atoms with van der Waals surface area (Å²) in [6.45, 7) is 2.22. The van der Waals surface area contributed by atoms with Gasteiger partial charge in [0, 0.05) is 6.04 Å². The van der Waals surface area contributed by atoms with Crippen LogP contribution in [0.2, 0.25) is 0 Å². The first kappa shape index (κ1) is 6.09. The van der Waals surface area contributed by atoms with E-state index in [1.807, 2.05) is 0 Å². The maximum Gasteiger partial charge on any atom is 0.0215 e. The number of hydrogen-bond acceptors (Lipinski definition) is 0. The summed E-state index contributed by atoms with van der Waals surface area (Å²) in [5.41, 5.74) is 7.37. The first-order valence-corrected chi connectivity index (χ1v) is 3.54. The Hall–Kier alpha value is -0.0400. The van der Waals surface area contributed by atoms with Crippen LogP contribution in [-0.2, 0) is 0 Å². The van der Waals surface area contributed by atoms with Crippen LogP contribution in [0, 0.1) is 5.92 Å². The second-order valence-corrected chi connectivity index (χ2v) is 2.78. The van der Waals surface area contributed by atoms with Crippen LogP contribution in [0.25, 0.3) is 0 Å². The predicted octanol–water partition coefficient (Wildman–Crippen LogP) is 1.85. The second kappa shape index (κ2) is 2.49. The van der Waals surface area contributed by atoms with Crippen molar-refractivity contribution < 1.29 is 0 Å². The minimum absolute atomic E-state index is 0.278. The fourth-order valence-corrected chi connectivity index (χ4v) is 1.45. The van der Waals surface area contributed by atoms with Crippen LogP contribution < -0.4 is 5.73 Å². The highest BCUT2D eigenvalue weighted by atomic mass is 14.6. The molecule has 47 valence electrons. The highest BCUT2D eigenvalue weighted by molar-refractivity contribution is 4.75. The van der Waals surface area contributed by atoms with Gasteiger partial charge >= 0.3 is 0 Å². The summed E-state index contributed by atoms with van der Waals surface area (Å²) in [5.74, 6) is 0.887. The van der Waals surface area contributed by atoms with Gasteiger partial charge in [0.1, 0.15) is 0 Å². The lowest BCUT2D eigenvalue weighted by atomic mass is 10.1. The standard InChI is InChI=1S/C7H14N/c1-2-6-3-4-7(8)5-6/h6-8H,2-5H2,1H3. The van der Waals surface area contributed by atoms with E-state index in [2.05, 4.69) is 6.92 Å². The molecule has 2 atom stereocenters. The van der Waals surface area contributed by atoms with Crippen molar-refractivity contribution in [3.8, 4) is 0 Å². The average molecular weight is 112 g/mol. The van der Waals surface area contributed by atoms with Crippen LogP contribution in [0.4, 0.5) is 0 Å². The van der Waals surface area contributed by atoms with E-state index in [1.165, 1.54) is 12.8 Å². The van der Waals surface area contributed by atoms with E-state index in [9.17, 15) is 0 Å². The summed E-state index contributed by atoms with van der Waals surface area (Å²) in [6, 6.07) is 0.278. The fraction of sp³-hybridized carbons (Fsp3) is 1.00. The Morgan fingerprint density at radius 2 is 2.25 bits per heavy atom. The Labute approximate surface area is 51.3 Å². The fourth-order valence-electron chi connectivity index (χ4n) is 1.45. The normalized spacial score (nSPS) is 38.2. The molecular formula is C7H14N. The molecule has 1 saturated carbocycles. The molecule has 1 radical (unpaired) electrons. The zero-order valence-corrected chi connectivity index (χ0v) is 5.48. The summed E-state index contributed by atoms with van der Waals surface area (Å²) in [5, 5.41) is 0. The quantitative estimate of drug-likeness (QED) is 0.494. The van der Waals surface area contributed by atoms with Gasteiger partial charge in [-0.25, -0.2) is 0 Å². The lowest BCUT2D eigenvalue weighted by molar-refractivity contribution is 0.518. The van der Waals surface area contributed by atoms with E-state index >= 15 is 0 Å². The third kappa shape index (κ3) is 1.22. The Morgan fingerprint density at radius 1 is 1.50 bits per heavy atom. The molecule has 0 saturated heterocycles. The van der Waals surface area contributed by atoms with Crippen LogP contribution in [0.15, 0.2) is 0 Å². The van der Waals surface area contributed by atoms with Gasteiger partial charge in [0.05, 0.1) is 0 Å². The van der Waals surface area contributed by atoms with Gasteiger partial charge in [0.25, 0.3) is 0 Å². The molecule has 0 aliphatic heterocycles. The molecule has 0 bridgehead atoms. The Kier molecular flexibility index (Phi) is 1.90. The molecule has 1 aliphatic carbocycles. The van der Waals surface area contributed by atoms with Crippen molar-refractivity contribution in [1.82, 2.24) is 5.73 Å². The van der Waals surface area contributed by atoms with Gasteiger partial charge in [-0.2, -0.15) is 0 Å². The van der Waals surface area contributed by atoms with Crippen molar-refractivity contribution in [3.63, 3.8) is 0 Å². The first-order chi connectivity index (χ1) is 3.83. The summed E-state index contributed by atoms with van der Waals surface area (Å²) in [7, 11) is 0. The summed E-state index contributed by atoms with van der Waals surface area (Å²) in [6.07, 6.45) is 4.91. The Bertz CT molecular complexity index is 70.8. The van der Waals surface area contributed by atoms with Crippen molar-refractivity contribution >= 4 is 0 Å². The molecular weight excluding hydrogens is 98.1 g/mol. The molecule has 1 nitrogen and oxygen atoms in total. The van der Waals surface area contributed by atoms with Crippen LogP contribution in [0.3, 0.4) is 0 Å². The van der Waals surface area contributed by atoms with Crippen LogP contribution in [-0.4, -0.2) is 6.04 Å². The molecule has 0 amide bonds. The van der Waals surface area contributed by atoms with Crippen molar-refractivity contribution in [2.75, 3.05) is 0 Å². The van der Waals surface area contributed by atoms with Crippen molar-refractivity contribution in [1.29, 1.82) is 0 Å². The Balaban J connectivity index is 2.22. The van der Waals surface area contributed by atoms with Gasteiger partial charge in [-0.05, 0) is 25.2 Å². The first-order valence-electron chi connectivity index (χ1n) is 3.54. The number of rotatable bonds is 1. The summed E-state index contributed by atoms with van der Waals surface area (Å²) in [4.78, 5) is 0. The van der Waals surface area contributed by atoms with Crippen LogP contribution in [0.1, 0.15) is 32.6 Å². The van der Waals surface area contributed by atoms with Gasteiger partial charge in [0.15, 0.2) is 0 Å². The molecule has 1 N–H and O–H groups in total. The minimum atomic E-state index is 0.278. The molecule has 1 aliphatic rings. The minimum Gasteiger partial charge on any atom is -0.255 e. The zero-order valence-electron chi connectivity index (χ0n) is 5.48. The largest absolute Gasteiger partial charge is 0.255 e. The van der Waals surface area contributed by atoms with Gasteiger partial charge in [-0.15, -0.1) is 0 Å². The molecule has 0 aromatic carbocycles. The predicted molar refractivity (Wildman–Crippen MR) is 34.5 cm³/mol. The third-order valence-corrected chi connectivity index (χ3v) is 2.12. The smallest absolute Gasteiger partial charge is 0.0215 e. The number of nitrogens with one attached hydrogen (secondary N) is 1. The van der Waals surface area contributed by atoms with E-state index in [0.717, 1.165) is 18.8 Å².